The summed E-state index contributed by atoms with van der Waals surface area (Å²) in [7, 11) is -2.14. The molecule has 108 valence electrons. The quantitative estimate of drug-likeness (QED) is 0.797. The van der Waals surface area contributed by atoms with Crippen molar-refractivity contribution in [3.8, 4) is 18.1 Å². The molecule has 0 atom stereocenters. The minimum absolute atomic E-state index is 0.0381. The van der Waals surface area contributed by atoms with E-state index in [0.717, 1.165) is 0 Å². The predicted molar refractivity (Wildman–Crippen MR) is 82.8 cm³/mol. The molecule has 0 saturated heterocycles. The molecule has 2 rings (SSSR count). The van der Waals surface area contributed by atoms with Crippen LogP contribution in [0.25, 0.3) is 0 Å². The number of nitrogens with zero attached hydrogens (tertiary/aromatic N) is 1. The van der Waals surface area contributed by atoms with Crippen molar-refractivity contribution in [2.45, 2.75) is 4.90 Å². The number of hydrogen-bond acceptors (Lipinski definition) is 3. The van der Waals surface area contributed by atoms with Crippen molar-refractivity contribution in [2.24, 2.45) is 0 Å². The van der Waals surface area contributed by atoms with Gasteiger partial charge in [-0.3, -0.25) is 4.31 Å². The Morgan fingerprint density at radius 2 is 1.71 bits per heavy atom. The Morgan fingerprint density at radius 3 is 2.24 bits per heavy atom. The third-order valence-corrected chi connectivity index (χ3v) is 4.71. The number of rotatable bonds is 5. The molecule has 0 aliphatic rings. The highest BCUT2D eigenvalue weighted by Crippen LogP contribution is 2.25. The van der Waals surface area contributed by atoms with Crippen LogP contribution < -0.4 is 9.04 Å². The van der Waals surface area contributed by atoms with Gasteiger partial charge in [-0.2, -0.15) is 0 Å². The standard InChI is InChI=1S/C16H15NO3S/c1-3-13-17(14-9-11-15(20-2)12-10-14)21(18,19)16-7-5-4-6-8-16/h1,4-12H,13H2,2H3. The second-order valence-corrected chi connectivity index (χ2v) is 6.09. The molecule has 5 heteroatoms. The molecule has 0 heterocycles. The lowest BCUT2D eigenvalue weighted by atomic mass is 10.3. The molecule has 0 spiro atoms. The second-order valence-electron chi connectivity index (χ2n) is 4.23. The van der Waals surface area contributed by atoms with Gasteiger partial charge in [0, 0.05) is 0 Å². The van der Waals surface area contributed by atoms with Crippen molar-refractivity contribution >= 4 is 15.7 Å². The van der Waals surface area contributed by atoms with Gasteiger partial charge in [-0.1, -0.05) is 24.1 Å². The Labute approximate surface area is 125 Å². The minimum Gasteiger partial charge on any atom is -0.497 e. The molecule has 2 aromatic carbocycles. The van der Waals surface area contributed by atoms with E-state index in [2.05, 4.69) is 5.92 Å². The zero-order valence-electron chi connectivity index (χ0n) is 11.6. The summed E-state index contributed by atoms with van der Waals surface area (Å²) in [6, 6.07) is 14.9. The van der Waals surface area contributed by atoms with Gasteiger partial charge < -0.3 is 4.74 Å². The van der Waals surface area contributed by atoms with Crippen LogP contribution in [0.5, 0.6) is 5.75 Å². The summed E-state index contributed by atoms with van der Waals surface area (Å²) in [4.78, 5) is 0.205. The first-order chi connectivity index (χ1) is 10.1. The lowest BCUT2D eigenvalue weighted by Crippen LogP contribution is -2.31. The molecular formula is C16H15NO3S. The highest BCUT2D eigenvalue weighted by molar-refractivity contribution is 7.92. The van der Waals surface area contributed by atoms with Gasteiger partial charge in [0.2, 0.25) is 0 Å². The third kappa shape index (κ3) is 3.18. The number of anilines is 1. The SMILES string of the molecule is C#CCN(c1ccc(OC)cc1)S(=O)(=O)c1ccccc1. The van der Waals surface area contributed by atoms with Gasteiger partial charge in [0.05, 0.1) is 24.2 Å². The topological polar surface area (TPSA) is 46.6 Å². The Bertz CT molecular complexity index is 731. The maximum Gasteiger partial charge on any atom is 0.265 e. The fraction of sp³-hybridized carbons (Fsp3) is 0.125. The highest BCUT2D eigenvalue weighted by atomic mass is 32.2. The molecular weight excluding hydrogens is 286 g/mol. The molecule has 21 heavy (non-hydrogen) atoms. The summed E-state index contributed by atoms with van der Waals surface area (Å²) in [5.41, 5.74) is 0.498. The highest BCUT2D eigenvalue weighted by Gasteiger charge is 2.23. The van der Waals surface area contributed by atoms with E-state index < -0.39 is 10.0 Å². The second kappa shape index (κ2) is 6.33. The van der Waals surface area contributed by atoms with Crippen LogP contribution >= 0.6 is 0 Å². The number of methoxy groups -OCH3 is 1. The summed E-state index contributed by atoms with van der Waals surface area (Å²) in [6.07, 6.45) is 5.32. The smallest absolute Gasteiger partial charge is 0.265 e. The van der Waals surface area contributed by atoms with E-state index in [4.69, 9.17) is 11.2 Å². The van der Waals surface area contributed by atoms with E-state index in [-0.39, 0.29) is 11.4 Å². The molecule has 0 amide bonds. The zero-order valence-corrected chi connectivity index (χ0v) is 12.4. The first kappa shape index (κ1) is 14.9. The van der Waals surface area contributed by atoms with Crippen molar-refractivity contribution in [1.29, 1.82) is 0 Å². The normalized spacial score (nSPS) is 10.7. The third-order valence-electron chi connectivity index (χ3n) is 2.93. The average Bonchev–Trinajstić information content (AvgIpc) is 2.53. The van der Waals surface area contributed by atoms with Gasteiger partial charge in [-0.15, -0.1) is 6.42 Å². The molecule has 0 unspecified atom stereocenters. The Balaban J connectivity index is 2.45. The van der Waals surface area contributed by atoms with Gasteiger partial charge in [-0.25, -0.2) is 8.42 Å². The molecule has 0 bridgehead atoms. The summed E-state index contributed by atoms with van der Waals surface area (Å²) in [5.74, 6) is 3.04. The molecule has 0 aromatic heterocycles. The van der Waals surface area contributed by atoms with Crippen LogP contribution in [-0.2, 0) is 10.0 Å². The van der Waals surface area contributed by atoms with Crippen LogP contribution in [0.4, 0.5) is 5.69 Å². The monoisotopic (exact) mass is 301 g/mol. The van der Waals surface area contributed by atoms with E-state index in [1.807, 2.05) is 0 Å². The van der Waals surface area contributed by atoms with Crippen LogP contribution in [0.2, 0.25) is 0 Å². The van der Waals surface area contributed by atoms with Crippen LogP contribution in [0, 0.1) is 12.3 Å². The van der Waals surface area contributed by atoms with Gasteiger partial charge in [0.15, 0.2) is 0 Å². The van der Waals surface area contributed by atoms with Crippen molar-refractivity contribution in [1.82, 2.24) is 0 Å². The molecule has 0 aliphatic carbocycles. The number of hydrogen-bond donors (Lipinski definition) is 0. The Hall–Kier alpha value is -2.45. The Morgan fingerprint density at radius 1 is 1.10 bits per heavy atom. The van der Waals surface area contributed by atoms with Crippen molar-refractivity contribution in [3.63, 3.8) is 0 Å². The molecule has 4 nitrogen and oxygen atoms in total. The average molecular weight is 301 g/mol. The number of terminal acetylenes is 1. The van der Waals surface area contributed by atoms with E-state index in [0.29, 0.717) is 11.4 Å². The number of benzene rings is 2. The van der Waals surface area contributed by atoms with Gasteiger partial charge in [0.1, 0.15) is 5.75 Å². The maximum atomic E-state index is 12.7. The first-order valence-corrected chi connectivity index (χ1v) is 7.69. The van der Waals surface area contributed by atoms with Crippen LogP contribution in [-0.4, -0.2) is 22.1 Å². The number of ether oxygens (including phenoxy) is 1. The van der Waals surface area contributed by atoms with E-state index in [9.17, 15) is 8.42 Å². The van der Waals surface area contributed by atoms with Crippen molar-refractivity contribution in [2.75, 3.05) is 18.0 Å². The van der Waals surface area contributed by atoms with E-state index >= 15 is 0 Å². The van der Waals surface area contributed by atoms with Crippen molar-refractivity contribution < 1.29 is 13.2 Å². The molecule has 0 N–H and O–H groups in total. The largest absolute Gasteiger partial charge is 0.497 e. The van der Waals surface area contributed by atoms with E-state index in [1.54, 1.807) is 61.7 Å². The summed E-state index contributed by atoms with van der Waals surface area (Å²) in [6.45, 7) is -0.0381. The van der Waals surface area contributed by atoms with Crippen LogP contribution in [0.15, 0.2) is 59.5 Å². The van der Waals surface area contributed by atoms with Gasteiger partial charge in [0.25, 0.3) is 10.0 Å². The van der Waals surface area contributed by atoms with E-state index in [1.165, 1.54) is 4.31 Å². The summed E-state index contributed by atoms with van der Waals surface area (Å²) in [5, 5.41) is 0. The van der Waals surface area contributed by atoms with Gasteiger partial charge in [-0.05, 0) is 36.4 Å². The molecule has 0 aliphatic heterocycles. The molecule has 0 saturated carbocycles. The fourth-order valence-electron chi connectivity index (χ4n) is 1.87. The maximum absolute atomic E-state index is 12.7. The van der Waals surface area contributed by atoms with Crippen LogP contribution in [0.3, 0.4) is 0 Å². The summed E-state index contributed by atoms with van der Waals surface area (Å²) < 4.78 is 31.6. The fourth-order valence-corrected chi connectivity index (χ4v) is 3.27. The Kier molecular flexibility index (Phi) is 4.51. The molecule has 2 aromatic rings. The summed E-state index contributed by atoms with van der Waals surface area (Å²) >= 11 is 0. The first-order valence-electron chi connectivity index (χ1n) is 6.25. The van der Waals surface area contributed by atoms with Crippen LogP contribution in [0.1, 0.15) is 0 Å². The van der Waals surface area contributed by atoms with Gasteiger partial charge >= 0.3 is 0 Å². The number of sulfonamides is 1. The zero-order chi connectivity index (χ0) is 15.3. The van der Waals surface area contributed by atoms with Crippen molar-refractivity contribution in [3.05, 3.63) is 54.6 Å². The predicted octanol–water partition coefficient (Wildman–Crippen LogP) is 2.52. The lowest BCUT2D eigenvalue weighted by molar-refractivity contribution is 0.415. The minimum atomic E-state index is -3.69. The molecule has 0 fully saturated rings. The molecule has 0 radical (unpaired) electrons. The lowest BCUT2D eigenvalue weighted by Gasteiger charge is -2.22.